The van der Waals surface area contributed by atoms with Crippen LogP contribution >= 0.6 is 0 Å². The Morgan fingerprint density at radius 1 is 1.20 bits per heavy atom. The summed E-state index contributed by atoms with van der Waals surface area (Å²) in [5.41, 5.74) is 6.41. The largest absolute Gasteiger partial charge is 0.378 e. The summed E-state index contributed by atoms with van der Waals surface area (Å²) in [7, 11) is -4.19. The third-order valence-corrected chi connectivity index (χ3v) is 4.55. The fraction of sp³-hybridized carbons (Fsp3) is 0.0667. The highest BCUT2D eigenvalue weighted by molar-refractivity contribution is 7.87. The SMILES string of the molecule is Cc1ccc(C(N)=O)c(OS(=O)(=O)c2cccc(-n3cnnn3)c2)c1. The second kappa shape index (κ2) is 6.32. The van der Waals surface area contributed by atoms with Crippen molar-refractivity contribution in [3.8, 4) is 11.4 Å². The maximum absolute atomic E-state index is 12.6. The van der Waals surface area contributed by atoms with Crippen molar-refractivity contribution in [2.24, 2.45) is 5.73 Å². The summed E-state index contributed by atoms with van der Waals surface area (Å²) in [4.78, 5) is 11.4. The first-order valence-corrected chi connectivity index (χ1v) is 8.46. The molecule has 0 saturated carbocycles. The number of rotatable bonds is 5. The molecule has 128 valence electrons. The van der Waals surface area contributed by atoms with Crippen LogP contribution in [0.2, 0.25) is 0 Å². The van der Waals surface area contributed by atoms with Crippen molar-refractivity contribution >= 4 is 16.0 Å². The number of aryl methyl sites for hydroxylation is 1. The monoisotopic (exact) mass is 359 g/mol. The van der Waals surface area contributed by atoms with E-state index in [1.807, 2.05) is 0 Å². The topological polar surface area (TPSA) is 130 Å². The van der Waals surface area contributed by atoms with Gasteiger partial charge in [0, 0.05) is 0 Å². The van der Waals surface area contributed by atoms with Gasteiger partial charge in [-0.05, 0) is 53.2 Å². The molecule has 0 spiro atoms. The molecule has 0 radical (unpaired) electrons. The van der Waals surface area contributed by atoms with Crippen LogP contribution < -0.4 is 9.92 Å². The summed E-state index contributed by atoms with van der Waals surface area (Å²) in [6.45, 7) is 1.74. The molecule has 0 atom stereocenters. The third-order valence-electron chi connectivity index (χ3n) is 3.32. The van der Waals surface area contributed by atoms with Crippen molar-refractivity contribution < 1.29 is 17.4 Å². The first-order chi connectivity index (χ1) is 11.9. The molecule has 0 aliphatic rings. The van der Waals surface area contributed by atoms with E-state index < -0.39 is 16.0 Å². The smallest absolute Gasteiger partial charge is 0.339 e. The maximum Gasteiger partial charge on any atom is 0.339 e. The number of hydrogen-bond donors (Lipinski definition) is 1. The van der Waals surface area contributed by atoms with Gasteiger partial charge in [-0.15, -0.1) is 5.10 Å². The number of primary amides is 1. The average Bonchev–Trinajstić information content (AvgIpc) is 3.09. The van der Waals surface area contributed by atoms with Crippen LogP contribution in [-0.2, 0) is 10.1 Å². The minimum Gasteiger partial charge on any atom is -0.378 e. The van der Waals surface area contributed by atoms with Gasteiger partial charge in [0.2, 0.25) is 0 Å². The molecule has 2 aromatic carbocycles. The average molecular weight is 359 g/mol. The second-order valence-electron chi connectivity index (χ2n) is 5.15. The van der Waals surface area contributed by atoms with Crippen molar-refractivity contribution in [3.05, 3.63) is 59.9 Å². The molecule has 2 N–H and O–H groups in total. The molecule has 0 unspecified atom stereocenters. The lowest BCUT2D eigenvalue weighted by molar-refractivity contribution is 0.0999. The standard InChI is InChI=1S/C15H13N5O4S/c1-10-5-6-13(15(16)21)14(7-10)24-25(22,23)12-4-2-3-11(8-12)20-9-17-18-19-20/h2-9H,1H3,(H2,16,21). The summed E-state index contributed by atoms with van der Waals surface area (Å²) >= 11 is 0. The van der Waals surface area contributed by atoms with Gasteiger partial charge in [-0.3, -0.25) is 4.79 Å². The van der Waals surface area contributed by atoms with Gasteiger partial charge in [-0.1, -0.05) is 12.1 Å². The number of tetrazole rings is 1. The molecule has 1 amide bonds. The number of aromatic nitrogens is 4. The molecular formula is C15H13N5O4S. The Balaban J connectivity index is 2.00. The van der Waals surface area contributed by atoms with E-state index >= 15 is 0 Å². The molecular weight excluding hydrogens is 346 g/mol. The zero-order chi connectivity index (χ0) is 18.0. The second-order valence-corrected chi connectivity index (χ2v) is 6.70. The highest BCUT2D eigenvalue weighted by atomic mass is 32.2. The molecule has 3 aromatic rings. The minimum absolute atomic E-state index is 0.0224. The van der Waals surface area contributed by atoms with Gasteiger partial charge in [-0.25, -0.2) is 4.68 Å². The van der Waals surface area contributed by atoms with E-state index in [9.17, 15) is 13.2 Å². The number of benzene rings is 2. The van der Waals surface area contributed by atoms with Crippen LogP contribution in [0.1, 0.15) is 15.9 Å². The number of hydrogen-bond acceptors (Lipinski definition) is 7. The molecule has 0 saturated heterocycles. The fourth-order valence-corrected chi connectivity index (χ4v) is 3.11. The zero-order valence-electron chi connectivity index (χ0n) is 13.0. The van der Waals surface area contributed by atoms with Crippen molar-refractivity contribution in [2.75, 3.05) is 0 Å². The number of nitrogens with two attached hydrogens (primary N) is 1. The number of amides is 1. The van der Waals surface area contributed by atoms with Gasteiger partial charge in [-0.2, -0.15) is 8.42 Å². The summed E-state index contributed by atoms with van der Waals surface area (Å²) in [6.07, 6.45) is 1.33. The van der Waals surface area contributed by atoms with Gasteiger partial charge in [0.15, 0.2) is 5.75 Å². The van der Waals surface area contributed by atoms with Crippen molar-refractivity contribution in [1.29, 1.82) is 0 Å². The van der Waals surface area contributed by atoms with Crippen LogP contribution in [0.3, 0.4) is 0 Å². The number of carbonyl (C=O) groups is 1. The van der Waals surface area contributed by atoms with Crippen LogP contribution in [0.5, 0.6) is 5.75 Å². The Morgan fingerprint density at radius 3 is 2.68 bits per heavy atom. The molecule has 25 heavy (non-hydrogen) atoms. The van der Waals surface area contributed by atoms with E-state index in [0.717, 1.165) is 5.56 Å². The Labute approximate surface area is 143 Å². The van der Waals surface area contributed by atoms with Gasteiger partial charge in [0.1, 0.15) is 11.2 Å². The van der Waals surface area contributed by atoms with Crippen LogP contribution in [0.15, 0.2) is 53.7 Å². The third kappa shape index (κ3) is 3.48. The van der Waals surface area contributed by atoms with E-state index in [-0.39, 0.29) is 16.2 Å². The summed E-state index contributed by atoms with van der Waals surface area (Å²) in [6, 6.07) is 10.4. The van der Waals surface area contributed by atoms with Gasteiger partial charge >= 0.3 is 10.1 Å². The van der Waals surface area contributed by atoms with Gasteiger partial charge < -0.3 is 9.92 Å². The van der Waals surface area contributed by atoms with Crippen LogP contribution in [0.4, 0.5) is 0 Å². The summed E-state index contributed by atoms with van der Waals surface area (Å²) in [5, 5.41) is 10.7. The predicted molar refractivity (Wildman–Crippen MR) is 86.7 cm³/mol. The lowest BCUT2D eigenvalue weighted by Gasteiger charge is -2.11. The first-order valence-electron chi connectivity index (χ1n) is 7.05. The van der Waals surface area contributed by atoms with Crippen LogP contribution in [0, 0.1) is 6.92 Å². The van der Waals surface area contributed by atoms with E-state index in [0.29, 0.717) is 5.69 Å². The molecule has 0 fully saturated rings. The lowest BCUT2D eigenvalue weighted by Crippen LogP contribution is -2.16. The highest BCUT2D eigenvalue weighted by Crippen LogP contribution is 2.25. The predicted octanol–water partition coefficient (Wildman–Crippen LogP) is 0.837. The Bertz CT molecular complexity index is 1030. The van der Waals surface area contributed by atoms with Crippen molar-refractivity contribution in [1.82, 2.24) is 20.2 Å². The highest BCUT2D eigenvalue weighted by Gasteiger charge is 2.21. The van der Waals surface area contributed by atoms with Crippen LogP contribution in [0.25, 0.3) is 5.69 Å². The molecule has 0 aliphatic carbocycles. The first kappa shape index (κ1) is 16.6. The van der Waals surface area contributed by atoms with Gasteiger partial charge in [0.25, 0.3) is 5.91 Å². The molecule has 1 aromatic heterocycles. The van der Waals surface area contributed by atoms with E-state index in [2.05, 4.69) is 15.5 Å². The van der Waals surface area contributed by atoms with Gasteiger partial charge in [0.05, 0.1) is 11.3 Å². The molecule has 3 rings (SSSR count). The molecule has 0 bridgehead atoms. The fourth-order valence-electron chi connectivity index (χ4n) is 2.13. The molecule has 9 nitrogen and oxygen atoms in total. The number of carbonyl (C=O) groups excluding carboxylic acids is 1. The van der Waals surface area contributed by atoms with E-state index in [1.54, 1.807) is 19.1 Å². The van der Waals surface area contributed by atoms with Crippen molar-refractivity contribution in [2.45, 2.75) is 11.8 Å². The quantitative estimate of drug-likeness (QED) is 0.668. The summed E-state index contributed by atoms with van der Waals surface area (Å²) < 4.78 is 31.6. The molecule has 1 heterocycles. The normalized spacial score (nSPS) is 11.2. The zero-order valence-corrected chi connectivity index (χ0v) is 13.8. The molecule has 0 aliphatic heterocycles. The van der Waals surface area contributed by atoms with Crippen molar-refractivity contribution in [3.63, 3.8) is 0 Å². The Kier molecular flexibility index (Phi) is 4.19. The Morgan fingerprint density at radius 2 is 2.00 bits per heavy atom. The van der Waals surface area contributed by atoms with Crippen LogP contribution in [-0.4, -0.2) is 34.5 Å². The van der Waals surface area contributed by atoms with E-state index in [4.69, 9.17) is 9.92 Å². The minimum atomic E-state index is -4.19. The number of nitrogens with zero attached hydrogens (tertiary/aromatic N) is 4. The van der Waals surface area contributed by atoms with E-state index in [1.165, 1.54) is 41.3 Å². The Hall–Kier alpha value is -3.27. The lowest BCUT2D eigenvalue weighted by atomic mass is 10.1. The molecule has 10 heteroatoms. The maximum atomic E-state index is 12.6. The summed E-state index contributed by atoms with van der Waals surface area (Å²) in [5.74, 6) is -0.909.